The highest BCUT2D eigenvalue weighted by Gasteiger charge is 2.27. The Kier molecular flexibility index (Phi) is 4.47. The molecular formula is C14H16F3NS. The Morgan fingerprint density at radius 1 is 1.26 bits per heavy atom. The zero-order valence-electron chi connectivity index (χ0n) is 10.6. The minimum atomic E-state index is -4.06. The van der Waals surface area contributed by atoms with Crippen LogP contribution < -0.4 is 5.32 Å². The SMILES string of the molecule is CNC(CCCC(F)(F)F)c1csc2ccccc12. The number of fused-ring (bicyclic) bond motifs is 1. The van der Waals surface area contributed by atoms with Gasteiger partial charge in [0.1, 0.15) is 0 Å². The summed E-state index contributed by atoms with van der Waals surface area (Å²) in [5.74, 6) is 0. The second-order valence-corrected chi connectivity index (χ2v) is 5.45. The summed E-state index contributed by atoms with van der Waals surface area (Å²) in [4.78, 5) is 0. The van der Waals surface area contributed by atoms with Gasteiger partial charge in [-0.2, -0.15) is 13.2 Å². The fraction of sp³-hybridized carbons (Fsp3) is 0.429. The molecule has 1 nitrogen and oxygen atoms in total. The normalized spacial score (nSPS) is 13.9. The third-order valence-electron chi connectivity index (χ3n) is 3.19. The number of rotatable bonds is 5. The lowest BCUT2D eigenvalue weighted by atomic mass is 10.0. The lowest BCUT2D eigenvalue weighted by Crippen LogP contribution is -2.17. The number of nitrogens with one attached hydrogen (secondary N) is 1. The smallest absolute Gasteiger partial charge is 0.313 e. The summed E-state index contributed by atoms with van der Waals surface area (Å²) < 4.78 is 37.7. The van der Waals surface area contributed by atoms with E-state index in [1.54, 1.807) is 18.4 Å². The van der Waals surface area contributed by atoms with Crippen LogP contribution in [0.3, 0.4) is 0 Å². The average molecular weight is 287 g/mol. The zero-order chi connectivity index (χ0) is 13.9. The molecule has 0 aliphatic rings. The lowest BCUT2D eigenvalue weighted by molar-refractivity contribution is -0.135. The summed E-state index contributed by atoms with van der Waals surface area (Å²) in [6, 6.07) is 7.97. The predicted molar refractivity (Wildman–Crippen MR) is 73.5 cm³/mol. The summed E-state index contributed by atoms with van der Waals surface area (Å²) in [6.45, 7) is 0. The van der Waals surface area contributed by atoms with E-state index in [-0.39, 0.29) is 12.5 Å². The number of hydrogen-bond acceptors (Lipinski definition) is 2. The summed E-state index contributed by atoms with van der Waals surface area (Å²) in [7, 11) is 1.80. The van der Waals surface area contributed by atoms with Gasteiger partial charge in [0, 0.05) is 17.2 Å². The minimum absolute atomic E-state index is 0.0153. The molecule has 1 unspecified atom stereocenters. The number of hydrogen-bond donors (Lipinski definition) is 1. The van der Waals surface area contributed by atoms with E-state index in [1.807, 2.05) is 29.6 Å². The van der Waals surface area contributed by atoms with Crippen LogP contribution >= 0.6 is 11.3 Å². The number of thiophene rings is 1. The van der Waals surface area contributed by atoms with Crippen molar-refractivity contribution in [3.05, 3.63) is 35.2 Å². The molecule has 5 heteroatoms. The molecule has 0 bridgehead atoms. The average Bonchev–Trinajstić information content (AvgIpc) is 2.77. The van der Waals surface area contributed by atoms with E-state index in [4.69, 9.17) is 0 Å². The van der Waals surface area contributed by atoms with Crippen LogP contribution in [0.5, 0.6) is 0 Å². The van der Waals surface area contributed by atoms with Gasteiger partial charge in [-0.25, -0.2) is 0 Å². The Morgan fingerprint density at radius 3 is 2.68 bits per heavy atom. The molecule has 1 aromatic carbocycles. The molecule has 2 rings (SSSR count). The summed E-state index contributed by atoms with van der Waals surface area (Å²) in [5.41, 5.74) is 1.10. The Labute approximate surface area is 114 Å². The predicted octanol–water partition coefficient (Wildman–Crippen LogP) is 4.89. The van der Waals surface area contributed by atoms with Crippen LogP contribution in [-0.4, -0.2) is 13.2 Å². The highest BCUT2D eigenvalue weighted by atomic mass is 32.1. The molecule has 2 aromatic rings. The van der Waals surface area contributed by atoms with Gasteiger partial charge < -0.3 is 5.32 Å². The van der Waals surface area contributed by atoms with E-state index < -0.39 is 12.6 Å². The van der Waals surface area contributed by atoms with Gasteiger partial charge >= 0.3 is 6.18 Å². The van der Waals surface area contributed by atoms with Crippen LogP contribution in [0.1, 0.15) is 30.9 Å². The van der Waals surface area contributed by atoms with Crippen molar-refractivity contribution in [2.75, 3.05) is 7.05 Å². The van der Waals surface area contributed by atoms with Gasteiger partial charge in [0.05, 0.1) is 0 Å². The summed E-state index contributed by atoms with van der Waals surface area (Å²) in [6.07, 6.45) is -4.13. The number of benzene rings is 1. The van der Waals surface area contributed by atoms with Crippen molar-refractivity contribution >= 4 is 21.4 Å². The largest absolute Gasteiger partial charge is 0.389 e. The van der Waals surface area contributed by atoms with Crippen LogP contribution in [-0.2, 0) is 0 Å². The molecule has 104 valence electrons. The Hall–Kier alpha value is -1.07. The highest BCUT2D eigenvalue weighted by Crippen LogP contribution is 2.33. The molecular weight excluding hydrogens is 271 g/mol. The summed E-state index contributed by atoms with van der Waals surface area (Å²) >= 11 is 1.63. The second-order valence-electron chi connectivity index (χ2n) is 4.54. The van der Waals surface area contributed by atoms with E-state index in [2.05, 4.69) is 5.32 Å². The second kappa shape index (κ2) is 5.92. The van der Waals surface area contributed by atoms with Crippen molar-refractivity contribution in [1.29, 1.82) is 0 Å². The molecule has 1 heterocycles. The van der Waals surface area contributed by atoms with Crippen molar-refractivity contribution in [3.8, 4) is 0 Å². The highest BCUT2D eigenvalue weighted by molar-refractivity contribution is 7.17. The Bertz CT molecular complexity index is 533. The minimum Gasteiger partial charge on any atom is -0.313 e. The fourth-order valence-electron chi connectivity index (χ4n) is 2.23. The number of halogens is 3. The third kappa shape index (κ3) is 3.70. The monoisotopic (exact) mass is 287 g/mol. The van der Waals surface area contributed by atoms with Crippen molar-refractivity contribution in [3.63, 3.8) is 0 Å². The molecule has 0 aliphatic carbocycles. The van der Waals surface area contributed by atoms with Gasteiger partial charge in [-0.05, 0) is 42.3 Å². The first-order valence-electron chi connectivity index (χ1n) is 6.21. The molecule has 1 atom stereocenters. The summed E-state index contributed by atoms with van der Waals surface area (Å²) in [5, 5.41) is 6.30. The maximum atomic E-state index is 12.2. The van der Waals surface area contributed by atoms with E-state index in [1.165, 1.54) is 4.70 Å². The van der Waals surface area contributed by atoms with Crippen LogP contribution in [0.15, 0.2) is 29.6 Å². The van der Waals surface area contributed by atoms with Crippen LogP contribution in [0, 0.1) is 0 Å². The van der Waals surface area contributed by atoms with Gasteiger partial charge in [0.15, 0.2) is 0 Å². The van der Waals surface area contributed by atoms with Gasteiger partial charge in [0.25, 0.3) is 0 Å². The topological polar surface area (TPSA) is 12.0 Å². The molecule has 0 amide bonds. The third-order valence-corrected chi connectivity index (χ3v) is 4.17. The molecule has 19 heavy (non-hydrogen) atoms. The standard InChI is InChI=1S/C14H16F3NS/c1-18-12(6-4-8-14(15,16)17)11-9-19-13-7-3-2-5-10(11)13/h2-3,5,7,9,12,18H,4,6,8H2,1H3. The van der Waals surface area contributed by atoms with Crippen molar-refractivity contribution in [2.45, 2.75) is 31.5 Å². The van der Waals surface area contributed by atoms with Gasteiger partial charge in [-0.3, -0.25) is 0 Å². The molecule has 0 aliphatic heterocycles. The Balaban J connectivity index is 2.09. The van der Waals surface area contributed by atoms with Gasteiger partial charge in [-0.1, -0.05) is 18.2 Å². The van der Waals surface area contributed by atoms with E-state index in [0.29, 0.717) is 6.42 Å². The van der Waals surface area contributed by atoms with Crippen LogP contribution in [0.4, 0.5) is 13.2 Å². The van der Waals surface area contributed by atoms with E-state index in [0.717, 1.165) is 10.9 Å². The first-order valence-corrected chi connectivity index (χ1v) is 7.09. The van der Waals surface area contributed by atoms with Crippen molar-refractivity contribution < 1.29 is 13.2 Å². The van der Waals surface area contributed by atoms with Crippen molar-refractivity contribution in [2.24, 2.45) is 0 Å². The molecule has 0 saturated heterocycles. The van der Waals surface area contributed by atoms with E-state index in [9.17, 15) is 13.2 Å². The number of alkyl halides is 3. The first kappa shape index (κ1) is 14.3. The van der Waals surface area contributed by atoms with Gasteiger partial charge in [-0.15, -0.1) is 11.3 Å². The molecule has 0 radical (unpaired) electrons. The van der Waals surface area contributed by atoms with Crippen molar-refractivity contribution in [1.82, 2.24) is 5.32 Å². The zero-order valence-corrected chi connectivity index (χ0v) is 11.4. The van der Waals surface area contributed by atoms with E-state index >= 15 is 0 Å². The van der Waals surface area contributed by atoms with Crippen LogP contribution in [0.2, 0.25) is 0 Å². The molecule has 0 fully saturated rings. The lowest BCUT2D eigenvalue weighted by Gasteiger charge is -2.16. The molecule has 1 N–H and O–H groups in total. The molecule has 1 aromatic heterocycles. The molecule has 0 saturated carbocycles. The maximum Gasteiger partial charge on any atom is 0.389 e. The van der Waals surface area contributed by atoms with Crippen LogP contribution in [0.25, 0.3) is 10.1 Å². The quantitative estimate of drug-likeness (QED) is 0.825. The first-order chi connectivity index (χ1) is 9.01. The fourth-order valence-corrected chi connectivity index (χ4v) is 3.25. The maximum absolute atomic E-state index is 12.2. The van der Waals surface area contributed by atoms with Gasteiger partial charge in [0.2, 0.25) is 0 Å². The molecule has 0 spiro atoms. The Morgan fingerprint density at radius 2 is 2.00 bits per heavy atom.